The number of pyridine rings is 1. The maximum atomic E-state index is 13.3. The molecule has 1 aliphatic rings. The molecule has 0 unspecified atom stereocenters. The van der Waals surface area contributed by atoms with E-state index in [2.05, 4.69) is 25.5 Å². The van der Waals surface area contributed by atoms with E-state index in [1.54, 1.807) is 63.4 Å². The summed E-state index contributed by atoms with van der Waals surface area (Å²) < 4.78 is 1.61. The average Bonchev–Trinajstić information content (AvgIpc) is 3.68. The Bertz CT molecular complexity index is 1640. The third-order valence-electron chi connectivity index (χ3n) is 6.79. The highest BCUT2D eigenvalue weighted by molar-refractivity contribution is 6.10. The summed E-state index contributed by atoms with van der Waals surface area (Å²) in [5.74, 6) is -0.448. The fourth-order valence-corrected chi connectivity index (χ4v) is 4.74. The fourth-order valence-electron chi connectivity index (χ4n) is 4.74. The quantitative estimate of drug-likeness (QED) is 0.353. The first-order valence-corrected chi connectivity index (χ1v) is 12.8. The molecule has 40 heavy (non-hydrogen) atoms. The van der Waals surface area contributed by atoms with Crippen molar-refractivity contribution in [1.82, 2.24) is 40.0 Å². The highest BCUT2D eigenvalue weighted by atomic mass is 16.2. The van der Waals surface area contributed by atoms with Gasteiger partial charge in [0, 0.05) is 55.7 Å². The molecule has 1 N–H and O–H groups in total. The molecule has 5 aromatic rings. The van der Waals surface area contributed by atoms with Crippen LogP contribution in [-0.2, 0) is 11.3 Å². The fraction of sp³-hybridized carbons (Fsp3) is 0.179. The van der Waals surface area contributed by atoms with Crippen LogP contribution in [0.4, 0.5) is 11.4 Å². The summed E-state index contributed by atoms with van der Waals surface area (Å²) in [6, 6.07) is 18.1. The first kappa shape index (κ1) is 24.9. The molecular formula is C28H25N9O3. The monoisotopic (exact) mass is 535 g/mol. The number of piperazine rings is 1. The largest absolute Gasteiger partial charge is 0.338 e. The van der Waals surface area contributed by atoms with Gasteiger partial charge in [-0.2, -0.15) is 20.5 Å². The summed E-state index contributed by atoms with van der Waals surface area (Å²) in [6.07, 6.45) is 6.38. The van der Waals surface area contributed by atoms with E-state index >= 15 is 0 Å². The summed E-state index contributed by atoms with van der Waals surface area (Å²) >= 11 is 0. The molecule has 12 heteroatoms. The molecule has 0 spiro atoms. The van der Waals surface area contributed by atoms with Crippen molar-refractivity contribution in [2.45, 2.75) is 6.54 Å². The zero-order valence-corrected chi connectivity index (χ0v) is 21.4. The number of hydrogen-bond acceptors (Lipinski definition) is 7. The number of fused-ring (bicyclic) bond motifs is 1. The molecule has 12 nitrogen and oxygen atoms in total. The van der Waals surface area contributed by atoms with Gasteiger partial charge in [-0.3, -0.25) is 28.9 Å². The highest BCUT2D eigenvalue weighted by Crippen LogP contribution is 2.29. The second-order valence-electron chi connectivity index (χ2n) is 9.31. The van der Waals surface area contributed by atoms with Gasteiger partial charge in [0.25, 0.3) is 11.8 Å². The lowest BCUT2D eigenvalue weighted by molar-refractivity contribution is -0.133. The van der Waals surface area contributed by atoms with Gasteiger partial charge in [-0.25, -0.2) is 0 Å². The maximum absolute atomic E-state index is 13.3. The van der Waals surface area contributed by atoms with Crippen LogP contribution in [0.5, 0.6) is 0 Å². The molecular weight excluding hydrogens is 510 g/mol. The number of nitrogens with one attached hydrogen (secondary N) is 1. The van der Waals surface area contributed by atoms with Crippen LogP contribution in [0.3, 0.4) is 0 Å². The second kappa shape index (κ2) is 10.8. The number of rotatable bonds is 6. The number of aromatic amines is 1. The van der Waals surface area contributed by atoms with E-state index in [1.165, 1.54) is 11.1 Å². The minimum absolute atomic E-state index is 0.0235. The van der Waals surface area contributed by atoms with Gasteiger partial charge in [-0.15, -0.1) is 0 Å². The summed E-state index contributed by atoms with van der Waals surface area (Å²) in [6.45, 7) is 1.96. The van der Waals surface area contributed by atoms with Crippen molar-refractivity contribution in [1.29, 1.82) is 0 Å². The smallest absolute Gasteiger partial charge is 0.285 e. The number of anilines is 2. The van der Waals surface area contributed by atoms with Crippen LogP contribution >= 0.6 is 0 Å². The minimum Gasteiger partial charge on any atom is -0.338 e. The van der Waals surface area contributed by atoms with E-state index in [1.807, 2.05) is 30.3 Å². The Morgan fingerprint density at radius 2 is 1.62 bits per heavy atom. The average molecular weight is 536 g/mol. The van der Waals surface area contributed by atoms with Gasteiger partial charge >= 0.3 is 0 Å². The Hall–Kier alpha value is -5.39. The van der Waals surface area contributed by atoms with Crippen LogP contribution in [0, 0.1) is 0 Å². The van der Waals surface area contributed by atoms with Crippen LogP contribution in [0.2, 0.25) is 0 Å². The third kappa shape index (κ3) is 5.01. The molecule has 0 radical (unpaired) electrons. The molecule has 3 amide bonds. The molecule has 0 atom stereocenters. The summed E-state index contributed by atoms with van der Waals surface area (Å²) in [4.78, 5) is 48.2. The maximum Gasteiger partial charge on any atom is 0.285 e. The van der Waals surface area contributed by atoms with Gasteiger partial charge in [0.2, 0.25) is 5.91 Å². The SMILES string of the molecule is O=C(Cn1cc2cc(N(C(=O)c3cn[nH]n3)c3ccncc3)ccc2n1)N1CCN(C(=O)c2ccccc2)CC1. The van der Waals surface area contributed by atoms with Crippen molar-refractivity contribution in [3.05, 3.63) is 96.7 Å². The van der Waals surface area contributed by atoms with Crippen molar-refractivity contribution in [2.24, 2.45) is 0 Å². The number of aromatic nitrogens is 6. The van der Waals surface area contributed by atoms with Crippen LogP contribution in [0.1, 0.15) is 20.8 Å². The molecule has 6 rings (SSSR count). The van der Waals surface area contributed by atoms with Crippen molar-refractivity contribution in [3.63, 3.8) is 0 Å². The molecule has 4 heterocycles. The highest BCUT2D eigenvalue weighted by Gasteiger charge is 2.26. The van der Waals surface area contributed by atoms with Gasteiger partial charge in [0.1, 0.15) is 6.54 Å². The van der Waals surface area contributed by atoms with Gasteiger partial charge in [0.05, 0.1) is 23.1 Å². The normalized spacial score (nSPS) is 13.4. The molecule has 1 fully saturated rings. The number of carbonyl (C=O) groups excluding carboxylic acids is 3. The van der Waals surface area contributed by atoms with Gasteiger partial charge in [-0.05, 0) is 42.5 Å². The van der Waals surface area contributed by atoms with E-state index in [9.17, 15) is 14.4 Å². The van der Waals surface area contributed by atoms with Crippen molar-refractivity contribution in [3.8, 4) is 0 Å². The van der Waals surface area contributed by atoms with Crippen LogP contribution in [-0.4, -0.2) is 83.9 Å². The summed E-state index contributed by atoms with van der Waals surface area (Å²) in [5.41, 5.74) is 2.74. The van der Waals surface area contributed by atoms with E-state index in [0.29, 0.717) is 48.6 Å². The lowest BCUT2D eigenvalue weighted by Gasteiger charge is -2.34. The number of H-pyrrole nitrogens is 1. The van der Waals surface area contributed by atoms with Crippen molar-refractivity contribution in [2.75, 3.05) is 31.1 Å². The van der Waals surface area contributed by atoms with Crippen molar-refractivity contribution < 1.29 is 14.4 Å². The Morgan fingerprint density at radius 1 is 0.875 bits per heavy atom. The van der Waals surface area contributed by atoms with Gasteiger partial charge < -0.3 is 9.80 Å². The first-order chi connectivity index (χ1) is 19.6. The lowest BCUT2D eigenvalue weighted by Crippen LogP contribution is -2.51. The zero-order valence-electron chi connectivity index (χ0n) is 21.4. The lowest BCUT2D eigenvalue weighted by atomic mass is 10.2. The first-order valence-electron chi connectivity index (χ1n) is 12.8. The topological polar surface area (TPSA) is 133 Å². The van der Waals surface area contributed by atoms with E-state index < -0.39 is 0 Å². The third-order valence-corrected chi connectivity index (χ3v) is 6.79. The number of benzene rings is 2. The number of carbonyl (C=O) groups is 3. The van der Waals surface area contributed by atoms with Crippen LogP contribution in [0.15, 0.2) is 85.5 Å². The van der Waals surface area contributed by atoms with E-state index in [0.717, 1.165) is 5.39 Å². The number of hydrogen-bond donors (Lipinski definition) is 1. The van der Waals surface area contributed by atoms with Gasteiger partial charge in [-0.1, -0.05) is 18.2 Å². The minimum atomic E-state index is -0.355. The molecule has 0 aliphatic carbocycles. The molecule has 1 saturated heterocycles. The predicted octanol–water partition coefficient (Wildman–Crippen LogP) is 2.51. The summed E-state index contributed by atoms with van der Waals surface area (Å²) in [5, 5.41) is 15.5. The number of amides is 3. The Balaban J connectivity index is 1.16. The van der Waals surface area contributed by atoms with Crippen LogP contribution < -0.4 is 4.90 Å². The Labute approximate surface area is 228 Å². The molecule has 200 valence electrons. The molecule has 0 bridgehead atoms. The molecule has 0 saturated carbocycles. The standard InChI is InChI=1S/C28H25N9O3/c38-26(34-12-14-35(15-13-34)27(39)20-4-2-1-3-5-20)19-36-18-21-16-23(6-7-24(21)32-36)37(22-8-10-29-11-9-22)28(40)25-17-30-33-31-25/h1-11,16-18H,12-15,19H2,(H,30,31,33). The summed E-state index contributed by atoms with van der Waals surface area (Å²) in [7, 11) is 0. The zero-order chi connectivity index (χ0) is 27.5. The van der Waals surface area contributed by atoms with E-state index in [4.69, 9.17) is 0 Å². The van der Waals surface area contributed by atoms with Gasteiger partial charge in [0.15, 0.2) is 5.69 Å². The Kier molecular flexibility index (Phi) is 6.71. The Morgan fingerprint density at radius 3 is 2.35 bits per heavy atom. The molecule has 1 aliphatic heterocycles. The molecule has 2 aromatic carbocycles. The van der Waals surface area contributed by atoms with Crippen molar-refractivity contribution >= 4 is 40.0 Å². The molecule has 3 aromatic heterocycles. The van der Waals surface area contributed by atoms with Crippen LogP contribution in [0.25, 0.3) is 10.9 Å². The predicted molar refractivity (Wildman–Crippen MR) is 146 cm³/mol. The van der Waals surface area contributed by atoms with E-state index in [-0.39, 0.29) is 30.0 Å². The second-order valence-corrected chi connectivity index (χ2v) is 9.31. The number of nitrogens with zero attached hydrogens (tertiary/aromatic N) is 8.